The Morgan fingerprint density at radius 3 is 2.81 bits per heavy atom. The molecule has 5 heteroatoms. The zero-order valence-corrected chi connectivity index (χ0v) is 12.9. The van der Waals surface area contributed by atoms with Crippen molar-refractivity contribution in [3.63, 3.8) is 0 Å². The van der Waals surface area contributed by atoms with Crippen molar-refractivity contribution in [2.75, 3.05) is 13.1 Å². The summed E-state index contributed by atoms with van der Waals surface area (Å²) in [6.45, 7) is 5.06. The van der Waals surface area contributed by atoms with Gasteiger partial charge in [-0.1, -0.05) is 11.6 Å². The third kappa shape index (κ3) is 3.77. The molecule has 2 aromatic rings. The number of hydrogen-bond donors (Lipinski definition) is 0. The van der Waals surface area contributed by atoms with Crippen LogP contribution in [0.2, 0.25) is 5.02 Å². The zero-order valence-electron chi connectivity index (χ0n) is 12.2. The Labute approximate surface area is 130 Å². The van der Waals surface area contributed by atoms with Gasteiger partial charge in [-0.3, -0.25) is 9.88 Å². The Morgan fingerprint density at radius 1 is 1.29 bits per heavy atom. The van der Waals surface area contributed by atoms with Gasteiger partial charge in [0.1, 0.15) is 5.82 Å². The average molecular weight is 303 g/mol. The predicted molar refractivity (Wildman–Crippen MR) is 83.3 cm³/mol. The molecule has 4 nitrogen and oxygen atoms in total. The van der Waals surface area contributed by atoms with Gasteiger partial charge in [0.2, 0.25) is 0 Å². The minimum absolute atomic E-state index is 0.485. The molecule has 0 unspecified atom stereocenters. The van der Waals surface area contributed by atoms with E-state index in [1.54, 1.807) is 6.20 Å². The Hall–Kier alpha value is -1.52. The SMILES string of the molecule is Cc1ccnc(C2CCN(Cc3cncc(Cl)c3)CC2)n1. The standard InChI is InChI=1S/C16H19ClN4/c1-12-2-5-19-16(20-12)14-3-6-21(7-4-14)11-13-8-15(17)10-18-9-13/h2,5,8-10,14H,3-4,6-7,11H2,1H3. The molecule has 0 aromatic carbocycles. The van der Waals surface area contributed by atoms with E-state index >= 15 is 0 Å². The summed E-state index contributed by atoms with van der Waals surface area (Å²) in [7, 11) is 0. The van der Waals surface area contributed by atoms with E-state index in [0.29, 0.717) is 10.9 Å². The van der Waals surface area contributed by atoms with E-state index < -0.39 is 0 Å². The van der Waals surface area contributed by atoms with E-state index in [4.69, 9.17) is 11.6 Å². The van der Waals surface area contributed by atoms with Crippen molar-refractivity contribution in [1.29, 1.82) is 0 Å². The molecule has 0 aliphatic carbocycles. The first-order chi connectivity index (χ1) is 10.2. The first-order valence-electron chi connectivity index (χ1n) is 7.32. The van der Waals surface area contributed by atoms with Gasteiger partial charge < -0.3 is 0 Å². The number of hydrogen-bond acceptors (Lipinski definition) is 4. The Bertz CT molecular complexity index is 609. The van der Waals surface area contributed by atoms with Gasteiger partial charge in [-0.05, 0) is 50.6 Å². The molecule has 1 aliphatic heterocycles. The fraction of sp³-hybridized carbons (Fsp3) is 0.438. The summed E-state index contributed by atoms with van der Waals surface area (Å²) in [6, 6.07) is 3.94. The number of halogens is 1. The molecule has 21 heavy (non-hydrogen) atoms. The highest BCUT2D eigenvalue weighted by Crippen LogP contribution is 2.26. The summed E-state index contributed by atoms with van der Waals surface area (Å²) in [5.74, 6) is 1.48. The lowest BCUT2D eigenvalue weighted by molar-refractivity contribution is 0.201. The summed E-state index contributed by atoms with van der Waals surface area (Å²) in [6.07, 6.45) is 7.64. The Kier molecular flexibility index (Phi) is 4.46. The molecule has 0 spiro atoms. The molecular weight excluding hydrogens is 284 g/mol. The molecule has 0 N–H and O–H groups in total. The van der Waals surface area contributed by atoms with Crippen molar-refractivity contribution >= 4 is 11.6 Å². The van der Waals surface area contributed by atoms with Gasteiger partial charge in [0, 0.05) is 36.7 Å². The van der Waals surface area contributed by atoms with Gasteiger partial charge >= 0.3 is 0 Å². The van der Waals surface area contributed by atoms with E-state index in [0.717, 1.165) is 44.0 Å². The van der Waals surface area contributed by atoms with Crippen molar-refractivity contribution in [2.45, 2.75) is 32.2 Å². The summed E-state index contributed by atoms with van der Waals surface area (Å²) in [5, 5.41) is 0.704. The molecule has 2 aromatic heterocycles. The second kappa shape index (κ2) is 6.50. The summed E-state index contributed by atoms with van der Waals surface area (Å²) < 4.78 is 0. The highest BCUT2D eigenvalue weighted by molar-refractivity contribution is 6.30. The van der Waals surface area contributed by atoms with E-state index in [-0.39, 0.29) is 0 Å². The zero-order chi connectivity index (χ0) is 14.7. The lowest BCUT2D eigenvalue weighted by Crippen LogP contribution is -2.33. The molecule has 0 bridgehead atoms. The molecule has 3 rings (SSSR count). The molecule has 1 fully saturated rings. The van der Waals surface area contributed by atoms with Crippen molar-refractivity contribution in [3.8, 4) is 0 Å². The fourth-order valence-corrected chi connectivity index (χ4v) is 3.01. The van der Waals surface area contributed by atoms with Crippen molar-refractivity contribution in [2.24, 2.45) is 0 Å². The maximum absolute atomic E-state index is 5.98. The minimum atomic E-state index is 0.485. The number of rotatable bonds is 3. The van der Waals surface area contributed by atoms with Crippen molar-refractivity contribution in [3.05, 3.63) is 52.8 Å². The minimum Gasteiger partial charge on any atom is -0.299 e. The number of aromatic nitrogens is 3. The molecule has 0 saturated carbocycles. The van der Waals surface area contributed by atoms with Gasteiger partial charge in [0.25, 0.3) is 0 Å². The maximum Gasteiger partial charge on any atom is 0.131 e. The number of likely N-dealkylation sites (tertiary alicyclic amines) is 1. The molecule has 0 amide bonds. The fourth-order valence-electron chi connectivity index (χ4n) is 2.81. The van der Waals surface area contributed by atoms with Crippen LogP contribution in [0.3, 0.4) is 0 Å². The smallest absolute Gasteiger partial charge is 0.131 e. The molecular formula is C16H19ClN4. The number of piperidine rings is 1. The maximum atomic E-state index is 5.98. The normalized spacial score (nSPS) is 17.0. The lowest BCUT2D eigenvalue weighted by Gasteiger charge is -2.31. The number of aryl methyl sites for hydroxylation is 1. The van der Waals surface area contributed by atoms with Crippen molar-refractivity contribution in [1.82, 2.24) is 19.9 Å². The summed E-state index contributed by atoms with van der Waals surface area (Å²) in [5.41, 5.74) is 2.22. The molecule has 0 atom stereocenters. The van der Waals surface area contributed by atoms with Gasteiger partial charge in [0.15, 0.2) is 0 Å². The van der Waals surface area contributed by atoms with Crippen LogP contribution in [-0.2, 0) is 6.54 Å². The van der Waals surface area contributed by atoms with Crippen LogP contribution in [0.1, 0.15) is 35.8 Å². The first-order valence-corrected chi connectivity index (χ1v) is 7.70. The van der Waals surface area contributed by atoms with Crippen LogP contribution >= 0.6 is 11.6 Å². The summed E-state index contributed by atoms with van der Waals surface area (Å²) >= 11 is 5.98. The summed E-state index contributed by atoms with van der Waals surface area (Å²) in [4.78, 5) is 15.6. The topological polar surface area (TPSA) is 41.9 Å². The van der Waals surface area contributed by atoms with Gasteiger partial charge in [-0.25, -0.2) is 9.97 Å². The highest BCUT2D eigenvalue weighted by atomic mass is 35.5. The van der Waals surface area contributed by atoms with Gasteiger partial charge in [-0.2, -0.15) is 0 Å². The van der Waals surface area contributed by atoms with Gasteiger partial charge in [-0.15, -0.1) is 0 Å². The Balaban J connectivity index is 1.58. The van der Waals surface area contributed by atoms with Crippen LogP contribution in [0.25, 0.3) is 0 Å². The van der Waals surface area contributed by atoms with Gasteiger partial charge in [0.05, 0.1) is 5.02 Å². The van der Waals surface area contributed by atoms with E-state index in [1.807, 2.05) is 31.5 Å². The highest BCUT2D eigenvalue weighted by Gasteiger charge is 2.22. The second-order valence-corrected chi connectivity index (χ2v) is 6.05. The van der Waals surface area contributed by atoms with E-state index in [1.165, 1.54) is 5.56 Å². The van der Waals surface area contributed by atoms with Crippen LogP contribution in [0, 0.1) is 6.92 Å². The third-order valence-corrected chi connectivity index (χ3v) is 4.14. The number of pyridine rings is 1. The van der Waals surface area contributed by atoms with Crippen LogP contribution in [0.15, 0.2) is 30.7 Å². The molecule has 1 saturated heterocycles. The second-order valence-electron chi connectivity index (χ2n) is 5.62. The van der Waals surface area contributed by atoms with E-state index in [9.17, 15) is 0 Å². The average Bonchev–Trinajstić information content (AvgIpc) is 2.48. The van der Waals surface area contributed by atoms with E-state index in [2.05, 4.69) is 19.9 Å². The lowest BCUT2D eigenvalue weighted by atomic mass is 9.95. The van der Waals surface area contributed by atoms with Crippen molar-refractivity contribution < 1.29 is 0 Å². The van der Waals surface area contributed by atoms with Crippen LogP contribution in [0.4, 0.5) is 0 Å². The van der Waals surface area contributed by atoms with Crippen LogP contribution in [-0.4, -0.2) is 32.9 Å². The van der Waals surface area contributed by atoms with Crippen LogP contribution < -0.4 is 0 Å². The first kappa shape index (κ1) is 14.4. The van der Waals surface area contributed by atoms with Crippen LogP contribution in [0.5, 0.6) is 0 Å². The molecule has 0 radical (unpaired) electrons. The quantitative estimate of drug-likeness (QED) is 0.873. The predicted octanol–water partition coefficient (Wildman–Crippen LogP) is 3.21. The Morgan fingerprint density at radius 2 is 2.10 bits per heavy atom. The molecule has 110 valence electrons. The molecule has 3 heterocycles. The third-order valence-electron chi connectivity index (χ3n) is 3.93. The monoisotopic (exact) mass is 302 g/mol. The largest absolute Gasteiger partial charge is 0.299 e. The molecule has 1 aliphatic rings. The number of nitrogens with zero attached hydrogens (tertiary/aromatic N) is 4.